The Morgan fingerprint density at radius 1 is 1.15 bits per heavy atom. The summed E-state index contributed by atoms with van der Waals surface area (Å²) in [5, 5.41) is 51.0. The number of hydrogen-bond donors (Lipinski definition) is 5. The standard InChI is InChI=1S/C29H34O12/c1-15-24-20(33)9-17(12-30)3-2-4-18(10-21(24)39-28(15)37)14-38-29-27(26(36)25(35)22(13-31)40-29)41-23(34)11-16-5-7-19(32)8-6-16/h3,5-8,10,12,20-22,24-27,29,31-33,35-36H,1-2,4,9,11,13-14H2. The van der Waals surface area contributed by atoms with Crippen molar-refractivity contribution in [3.8, 4) is 5.75 Å². The largest absolute Gasteiger partial charge is 0.508 e. The Morgan fingerprint density at radius 2 is 1.88 bits per heavy atom. The summed E-state index contributed by atoms with van der Waals surface area (Å²) in [6, 6.07) is 5.87. The molecule has 1 aromatic carbocycles. The van der Waals surface area contributed by atoms with Crippen LogP contribution in [0.2, 0.25) is 0 Å². The van der Waals surface area contributed by atoms with E-state index in [0.717, 1.165) is 0 Å². The lowest BCUT2D eigenvalue weighted by atomic mass is 9.85. The van der Waals surface area contributed by atoms with Crippen LogP contribution >= 0.6 is 0 Å². The number of aliphatic hydroxyl groups is 4. The lowest BCUT2D eigenvalue weighted by molar-refractivity contribution is -0.302. The molecule has 3 aliphatic rings. The van der Waals surface area contributed by atoms with Gasteiger partial charge in [-0.1, -0.05) is 24.8 Å². The summed E-state index contributed by atoms with van der Waals surface area (Å²) < 4.78 is 22.4. The van der Waals surface area contributed by atoms with Gasteiger partial charge in [-0.05, 0) is 47.8 Å². The SMILES string of the molecule is C=C1C(=O)OC2C=C(COC3OC(CO)C(O)C(O)C3OC(=O)Cc3ccc(O)cc3)CCC=C(C=O)CC(O)C12. The van der Waals surface area contributed by atoms with E-state index in [2.05, 4.69) is 6.58 Å². The number of esters is 2. The molecule has 0 saturated carbocycles. The first kappa shape index (κ1) is 30.6. The van der Waals surface area contributed by atoms with Crippen molar-refractivity contribution < 1.29 is 58.9 Å². The van der Waals surface area contributed by atoms with Crippen LogP contribution in [0, 0.1) is 5.92 Å². The van der Waals surface area contributed by atoms with Crippen LogP contribution in [0.25, 0.3) is 0 Å². The lowest BCUT2D eigenvalue weighted by Gasteiger charge is -2.41. The molecule has 2 aliphatic heterocycles. The molecule has 5 N–H and O–H groups in total. The fourth-order valence-corrected chi connectivity index (χ4v) is 5.10. The van der Waals surface area contributed by atoms with Gasteiger partial charge in [0.05, 0.1) is 31.7 Å². The Kier molecular flexibility index (Phi) is 10.1. The highest BCUT2D eigenvalue weighted by molar-refractivity contribution is 5.91. The summed E-state index contributed by atoms with van der Waals surface area (Å²) in [7, 11) is 0. The lowest BCUT2D eigenvalue weighted by Crippen LogP contribution is -2.60. The molecule has 12 nitrogen and oxygen atoms in total. The number of aldehydes is 1. The molecule has 0 spiro atoms. The monoisotopic (exact) mass is 574 g/mol. The Morgan fingerprint density at radius 3 is 2.56 bits per heavy atom. The van der Waals surface area contributed by atoms with E-state index >= 15 is 0 Å². The summed E-state index contributed by atoms with van der Waals surface area (Å²) >= 11 is 0. The topological polar surface area (TPSA) is 189 Å². The van der Waals surface area contributed by atoms with E-state index in [-0.39, 0.29) is 30.8 Å². The average Bonchev–Trinajstić information content (AvgIpc) is 3.23. The van der Waals surface area contributed by atoms with E-state index in [1.54, 1.807) is 12.2 Å². The van der Waals surface area contributed by atoms with Crippen molar-refractivity contribution in [2.45, 2.75) is 68.6 Å². The number of carbonyl (C=O) groups is 3. The second kappa shape index (κ2) is 13.5. The summed E-state index contributed by atoms with van der Waals surface area (Å²) in [5.41, 5.74) is 1.58. The molecule has 2 saturated heterocycles. The maximum Gasteiger partial charge on any atom is 0.334 e. The minimum Gasteiger partial charge on any atom is -0.508 e. The Labute approximate surface area is 236 Å². The van der Waals surface area contributed by atoms with Crippen LogP contribution in [0.4, 0.5) is 0 Å². The summed E-state index contributed by atoms with van der Waals surface area (Å²) in [6.45, 7) is 2.93. The zero-order valence-corrected chi connectivity index (χ0v) is 22.2. The molecule has 4 rings (SSSR count). The highest BCUT2D eigenvalue weighted by atomic mass is 16.7. The van der Waals surface area contributed by atoms with Gasteiger partial charge >= 0.3 is 11.9 Å². The van der Waals surface area contributed by atoms with Gasteiger partial charge in [0.2, 0.25) is 0 Å². The second-order valence-corrected chi connectivity index (χ2v) is 10.3. The molecule has 0 amide bonds. The maximum absolute atomic E-state index is 12.7. The third-order valence-electron chi connectivity index (χ3n) is 7.35. The fraction of sp³-hybridized carbons (Fsp3) is 0.483. The predicted molar refractivity (Wildman–Crippen MR) is 140 cm³/mol. The van der Waals surface area contributed by atoms with Gasteiger partial charge in [0.1, 0.15) is 36.5 Å². The first-order valence-electron chi connectivity index (χ1n) is 13.2. The number of allylic oxidation sites excluding steroid dienone is 1. The van der Waals surface area contributed by atoms with Crippen molar-refractivity contribution in [1.82, 2.24) is 0 Å². The first-order chi connectivity index (χ1) is 19.6. The van der Waals surface area contributed by atoms with Crippen LogP contribution in [0.3, 0.4) is 0 Å². The van der Waals surface area contributed by atoms with E-state index in [9.17, 15) is 39.9 Å². The molecule has 0 bridgehead atoms. The third kappa shape index (κ3) is 7.28. The van der Waals surface area contributed by atoms with Crippen molar-refractivity contribution in [1.29, 1.82) is 0 Å². The normalized spacial score (nSPS) is 32.3. The molecule has 8 unspecified atom stereocenters. The van der Waals surface area contributed by atoms with Crippen molar-refractivity contribution in [2.24, 2.45) is 5.92 Å². The maximum atomic E-state index is 12.7. The van der Waals surface area contributed by atoms with Crippen LogP contribution in [-0.2, 0) is 39.8 Å². The number of carbonyl (C=O) groups excluding carboxylic acids is 3. The summed E-state index contributed by atoms with van der Waals surface area (Å²) in [4.78, 5) is 36.4. The number of rotatable bonds is 8. The van der Waals surface area contributed by atoms with Crippen LogP contribution in [0.5, 0.6) is 5.75 Å². The van der Waals surface area contributed by atoms with Gasteiger partial charge < -0.3 is 44.5 Å². The van der Waals surface area contributed by atoms with Gasteiger partial charge in [0.15, 0.2) is 12.4 Å². The smallest absolute Gasteiger partial charge is 0.334 e. The highest BCUT2D eigenvalue weighted by Crippen LogP contribution is 2.35. The molecule has 12 heteroatoms. The van der Waals surface area contributed by atoms with Gasteiger partial charge in [0, 0.05) is 12.0 Å². The molecule has 1 aliphatic carbocycles. The molecular weight excluding hydrogens is 540 g/mol. The molecule has 0 radical (unpaired) electrons. The minimum atomic E-state index is -1.65. The molecule has 222 valence electrons. The number of aliphatic hydroxyl groups excluding tert-OH is 4. The van der Waals surface area contributed by atoms with E-state index in [0.29, 0.717) is 35.8 Å². The van der Waals surface area contributed by atoms with Gasteiger partial charge in [0.25, 0.3) is 0 Å². The molecular formula is C29H34O12. The number of benzene rings is 1. The van der Waals surface area contributed by atoms with Crippen LogP contribution < -0.4 is 0 Å². The predicted octanol–water partition coefficient (Wildman–Crippen LogP) is -0.00360. The van der Waals surface area contributed by atoms with E-state index in [4.69, 9.17) is 18.9 Å². The van der Waals surface area contributed by atoms with E-state index in [1.807, 2.05) is 0 Å². The number of ether oxygens (including phenoxy) is 4. The highest BCUT2D eigenvalue weighted by Gasteiger charge is 2.47. The van der Waals surface area contributed by atoms with Crippen LogP contribution in [-0.4, -0.2) is 99.9 Å². The second-order valence-electron chi connectivity index (χ2n) is 10.3. The summed E-state index contributed by atoms with van der Waals surface area (Å²) in [5.74, 6) is -2.18. The van der Waals surface area contributed by atoms with Crippen molar-refractivity contribution >= 4 is 18.2 Å². The summed E-state index contributed by atoms with van der Waals surface area (Å²) in [6.07, 6.45) is -4.69. The Hall–Kier alpha value is -3.39. The van der Waals surface area contributed by atoms with Crippen molar-refractivity contribution in [3.63, 3.8) is 0 Å². The molecule has 8 atom stereocenters. The van der Waals surface area contributed by atoms with Gasteiger partial charge in [-0.2, -0.15) is 0 Å². The quantitative estimate of drug-likeness (QED) is 0.121. The number of aromatic hydroxyl groups is 1. The molecule has 41 heavy (non-hydrogen) atoms. The Bertz CT molecular complexity index is 1190. The molecule has 2 fully saturated rings. The van der Waals surface area contributed by atoms with Crippen LogP contribution in [0.15, 0.2) is 59.7 Å². The van der Waals surface area contributed by atoms with E-state index < -0.39 is 67.4 Å². The van der Waals surface area contributed by atoms with Gasteiger partial charge in [-0.25, -0.2) is 4.79 Å². The Balaban J connectivity index is 1.52. The van der Waals surface area contributed by atoms with Crippen molar-refractivity contribution in [2.75, 3.05) is 13.2 Å². The molecule has 1 aromatic rings. The van der Waals surface area contributed by atoms with Crippen LogP contribution in [0.1, 0.15) is 24.8 Å². The van der Waals surface area contributed by atoms with Crippen molar-refractivity contribution in [3.05, 3.63) is 65.3 Å². The number of fused-ring (bicyclic) bond motifs is 1. The van der Waals surface area contributed by atoms with E-state index in [1.165, 1.54) is 24.3 Å². The zero-order valence-electron chi connectivity index (χ0n) is 22.2. The number of phenolic OH excluding ortho intramolecular Hbond substituents is 1. The van der Waals surface area contributed by atoms with Gasteiger partial charge in [-0.3, -0.25) is 9.59 Å². The molecule has 2 heterocycles. The first-order valence-corrected chi connectivity index (χ1v) is 13.2. The zero-order chi connectivity index (χ0) is 29.7. The average molecular weight is 575 g/mol. The minimum absolute atomic E-state index is 0.0232. The number of hydrogen-bond acceptors (Lipinski definition) is 12. The molecule has 0 aromatic heterocycles. The number of phenols is 1. The van der Waals surface area contributed by atoms with Gasteiger partial charge in [-0.15, -0.1) is 0 Å². The fourth-order valence-electron chi connectivity index (χ4n) is 5.10. The third-order valence-corrected chi connectivity index (χ3v) is 7.35.